The fourth-order valence-corrected chi connectivity index (χ4v) is 1.18. The van der Waals surface area contributed by atoms with Crippen molar-refractivity contribution in [1.82, 2.24) is 0 Å². The summed E-state index contributed by atoms with van der Waals surface area (Å²) >= 11 is 0. The quantitative estimate of drug-likeness (QED) is 0.456. The summed E-state index contributed by atoms with van der Waals surface area (Å²) in [6.45, 7) is -0.488. The number of benzene rings is 1. The van der Waals surface area contributed by atoms with E-state index >= 15 is 0 Å². The van der Waals surface area contributed by atoms with Gasteiger partial charge in [-0.25, -0.2) is 4.79 Å². The molecule has 1 rings (SSSR count). The molecule has 0 fully saturated rings. The van der Waals surface area contributed by atoms with Gasteiger partial charge in [0.2, 0.25) is 0 Å². The highest BCUT2D eigenvalue weighted by molar-refractivity contribution is 5.90. The van der Waals surface area contributed by atoms with Crippen LogP contribution in [0.4, 0.5) is 5.69 Å². The van der Waals surface area contributed by atoms with Gasteiger partial charge in [0.15, 0.2) is 12.4 Å². The molecule has 0 radical (unpaired) electrons. The fourth-order valence-electron chi connectivity index (χ4n) is 1.18. The van der Waals surface area contributed by atoms with Gasteiger partial charge in [-0.05, 0) is 12.1 Å². The molecule has 0 saturated carbocycles. The zero-order valence-electron chi connectivity index (χ0n) is 9.41. The molecular formula is C10H10N2O6. The van der Waals surface area contributed by atoms with Gasteiger partial charge in [0, 0.05) is 6.07 Å². The molecule has 18 heavy (non-hydrogen) atoms. The van der Waals surface area contributed by atoms with Gasteiger partial charge in [0.1, 0.15) is 0 Å². The lowest BCUT2D eigenvalue weighted by Gasteiger charge is -2.05. The van der Waals surface area contributed by atoms with Crippen LogP contribution in [0.15, 0.2) is 18.2 Å². The summed E-state index contributed by atoms with van der Waals surface area (Å²) in [6.07, 6.45) is 0. The SMILES string of the molecule is COC(=O)c1ccc(OCC(N)=O)c([N+](=O)[O-])c1. The summed E-state index contributed by atoms with van der Waals surface area (Å²) < 4.78 is 9.29. The fraction of sp³-hybridized carbons (Fsp3) is 0.200. The number of esters is 1. The van der Waals surface area contributed by atoms with Gasteiger partial charge >= 0.3 is 11.7 Å². The number of hydrogen-bond donors (Lipinski definition) is 1. The van der Waals surface area contributed by atoms with Crippen LogP contribution in [0.1, 0.15) is 10.4 Å². The highest BCUT2D eigenvalue weighted by Gasteiger charge is 2.19. The van der Waals surface area contributed by atoms with Gasteiger partial charge < -0.3 is 15.2 Å². The molecule has 0 aliphatic rings. The van der Waals surface area contributed by atoms with E-state index < -0.39 is 29.1 Å². The highest BCUT2D eigenvalue weighted by Crippen LogP contribution is 2.28. The molecule has 96 valence electrons. The number of amides is 1. The van der Waals surface area contributed by atoms with E-state index in [-0.39, 0.29) is 11.3 Å². The molecule has 0 aliphatic carbocycles. The van der Waals surface area contributed by atoms with Crippen LogP contribution in [-0.2, 0) is 9.53 Å². The summed E-state index contributed by atoms with van der Waals surface area (Å²) in [5.41, 5.74) is 4.42. The molecule has 1 aromatic rings. The number of methoxy groups -OCH3 is 1. The van der Waals surface area contributed by atoms with Crippen molar-refractivity contribution in [2.24, 2.45) is 5.73 Å². The molecule has 0 saturated heterocycles. The van der Waals surface area contributed by atoms with Crippen molar-refractivity contribution in [1.29, 1.82) is 0 Å². The Kier molecular flexibility index (Phi) is 4.19. The van der Waals surface area contributed by atoms with Crippen LogP contribution in [0.25, 0.3) is 0 Å². The zero-order chi connectivity index (χ0) is 13.7. The first-order valence-electron chi connectivity index (χ1n) is 4.73. The van der Waals surface area contributed by atoms with E-state index in [0.29, 0.717) is 0 Å². The predicted molar refractivity (Wildman–Crippen MR) is 59.1 cm³/mol. The van der Waals surface area contributed by atoms with Crippen LogP contribution >= 0.6 is 0 Å². The Morgan fingerprint density at radius 3 is 2.61 bits per heavy atom. The van der Waals surface area contributed by atoms with Crippen LogP contribution in [0.2, 0.25) is 0 Å². The zero-order valence-corrected chi connectivity index (χ0v) is 9.41. The maximum Gasteiger partial charge on any atom is 0.338 e. The van der Waals surface area contributed by atoms with Crippen LogP contribution in [0, 0.1) is 10.1 Å². The molecule has 1 amide bonds. The van der Waals surface area contributed by atoms with Crippen molar-refractivity contribution in [3.8, 4) is 5.75 Å². The number of primary amides is 1. The number of nitro benzene ring substituents is 1. The normalized spacial score (nSPS) is 9.61. The van der Waals surface area contributed by atoms with Gasteiger partial charge in [0.25, 0.3) is 5.91 Å². The van der Waals surface area contributed by atoms with Gasteiger partial charge in [-0.3, -0.25) is 14.9 Å². The molecule has 0 unspecified atom stereocenters. The smallest absolute Gasteiger partial charge is 0.338 e. The minimum Gasteiger partial charge on any atom is -0.477 e. The third-order valence-electron chi connectivity index (χ3n) is 1.95. The molecule has 0 heterocycles. The topological polar surface area (TPSA) is 122 Å². The minimum absolute atomic E-state index is 0.00984. The Labute approximate surface area is 101 Å². The van der Waals surface area contributed by atoms with Gasteiger partial charge in [-0.2, -0.15) is 0 Å². The molecule has 0 aromatic heterocycles. The number of hydrogen-bond acceptors (Lipinski definition) is 6. The van der Waals surface area contributed by atoms with E-state index in [4.69, 9.17) is 10.5 Å². The molecule has 0 atom stereocenters. The second-order valence-electron chi connectivity index (χ2n) is 3.19. The summed E-state index contributed by atoms with van der Waals surface area (Å²) in [5.74, 6) is -1.62. The average Bonchev–Trinajstić information content (AvgIpc) is 2.34. The number of ether oxygens (including phenoxy) is 2. The Hall–Kier alpha value is -2.64. The third-order valence-corrected chi connectivity index (χ3v) is 1.95. The largest absolute Gasteiger partial charge is 0.477 e. The average molecular weight is 254 g/mol. The van der Waals surface area contributed by atoms with Crippen molar-refractivity contribution in [2.75, 3.05) is 13.7 Å². The van der Waals surface area contributed by atoms with Gasteiger partial charge in [0.05, 0.1) is 17.6 Å². The maximum absolute atomic E-state index is 11.2. The summed E-state index contributed by atoms with van der Waals surface area (Å²) in [7, 11) is 1.16. The number of carbonyl (C=O) groups excluding carboxylic acids is 2. The van der Waals surface area contributed by atoms with Crippen LogP contribution in [0.5, 0.6) is 5.75 Å². The van der Waals surface area contributed by atoms with Crippen LogP contribution < -0.4 is 10.5 Å². The lowest BCUT2D eigenvalue weighted by Crippen LogP contribution is -2.20. The summed E-state index contributed by atoms with van der Waals surface area (Å²) in [6, 6.07) is 3.49. The van der Waals surface area contributed by atoms with E-state index in [9.17, 15) is 19.7 Å². The number of carbonyl (C=O) groups is 2. The maximum atomic E-state index is 11.2. The van der Waals surface area contributed by atoms with Crippen molar-refractivity contribution < 1.29 is 24.0 Å². The molecule has 0 spiro atoms. The third kappa shape index (κ3) is 3.17. The van der Waals surface area contributed by atoms with Crippen LogP contribution in [-0.4, -0.2) is 30.5 Å². The predicted octanol–water partition coefficient (Wildman–Crippen LogP) is 0.246. The highest BCUT2D eigenvalue weighted by atomic mass is 16.6. The van der Waals surface area contributed by atoms with Crippen molar-refractivity contribution in [2.45, 2.75) is 0 Å². The van der Waals surface area contributed by atoms with E-state index in [2.05, 4.69) is 4.74 Å². The second kappa shape index (κ2) is 5.62. The Balaban J connectivity index is 3.08. The molecule has 0 bridgehead atoms. The van der Waals surface area contributed by atoms with Crippen molar-refractivity contribution in [3.63, 3.8) is 0 Å². The lowest BCUT2D eigenvalue weighted by atomic mass is 10.2. The van der Waals surface area contributed by atoms with Gasteiger partial charge in [-0.15, -0.1) is 0 Å². The van der Waals surface area contributed by atoms with E-state index in [1.54, 1.807) is 0 Å². The number of rotatable bonds is 5. The van der Waals surface area contributed by atoms with Crippen LogP contribution in [0.3, 0.4) is 0 Å². The van der Waals surface area contributed by atoms with E-state index in [1.807, 2.05) is 0 Å². The Bertz CT molecular complexity index is 499. The number of nitro groups is 1. The van der Waals surface area contributed by atoms with E-state index in [0.717, 1.165) is 13.2 Å². The molecule has 8 heteroatoms. The second-order valence-corrected chi connectivity index (χ2v) is 3.19. The van der Waals surface area contributed by atoms with Crippen molar-refractivity contribution in [3.05, 3.63) is 33.9 Å². The summed E-state index contributed by atoms with van der Waals surface area (Å²) in [4.78, 5) is 31.8. The van der Waals surface area contributed by atoms with Crippen molar-refractivity contribution >= 4 is 17.6 Å². The standard InChI is InChI=1S/C10H10N2O6/c1-17-10(14)6-2-3-8(18-5-9(11)13)7(4-6)12(15)16/h2-4H,5H2,1H3,(H2,11,13). The minimum atomic E-state index is -0.763. The van der Waals surface area contributed by atoms with E-state index in [1.165, 1.54) is 12.1 Å². The Morgan fingerprint density at radius 2 is 2.11 bits per heavy atom. The molecule has 0 aliphatic heterocycles. The lowest BCUT2D eigenvalue weighted by molar-refractivity contribution is -0.385. The molecule has 1 aromatic carbocycles. The van der Waals surface area contributed by atoms with Gasteiger partial charge in [-0.1, -0.05) is 0 Å². The number of nitrogens with two attached hydrogens (primary N) is 1. The first kappa shape index (κ1) is 13.4. The Morgan fingerprint density at radius 1 is 1.44 bits per heavy atom. The summed E-state index contributed by atoms with van der Waals surface area (Å²) in [5, 5.41) is 10.8. The first-order chi connectivity index (χ1) is 8.45. The number of nitrogens with zero attached hydrogens (tertiary/aromatic N) is 1. The molecular weight excluding hydrogens is 244 g/mol. The molecule has 8 nitrogen and oxygen atoms in total. The monoisotopic (exact) mass is 254 g/mol. The molecule has 2 N–H and O–H groups in total. The first-order valence-corrected chi connectivity index (χ1v) is 4.73.